The summed E-state index contributed by atoms with van der Waals surface area (Å²) in [6.45, 7) is 2.85. The average molecular weight is 492 g/mol. The molecule has 0 aliphatic carbocycles. The number of fused-ring (bicyclic) bond motifs is 1. The lowest BCUT2D eigenvalue weighted by Gasteiger charge is -2.18. The van der Waals surface area contributed by atoms with E-state index < -0.39 is 0 Å². The van der Waals surface area contributed by atoms with Crippen LogP contribution in [-0.2, 0) is 24.1 Å². The number of carbonyl (C=O) groups excluding carboxylic acids is 1. The molecular formula is C29H33NO4S. The van der Waals surface area contributed by atoms with Crippen LogP contribution in [0, 0.1) is 5.92 Å². The summed E-state index contributed by atoms with van der Waals surface area (Å²) in [5.74, 6) is 3.73. The van der Waals surface area contributed by atoms with E-state index in [1.807, 2.05) is 36.0 Å². The van der Waals surface area contributed by atoms with Gasteiger partial charge in [-0.1, -0.05) is 43.3 Å². The molecule has 0 radical (unpaired) electrons. The molecule has 1 aliphatic heterocycles. The summed E-state index contributed by atoms with van der Waals surface area (Å²) in [5, 5.41) is 3.02. The lowest BCUT2D eigenvalue weighted by atomic mass is 10.0. The van der Waals surface area contributed by atoms with Crippen LogP contribution in [0.25, 0.3) is 0 Å². The summed E-state index contributed by atoms with van der Waals surface area (Å²) in [7, 11) is 3.19. The van der Waals surface area contributed by atoms with Crippen LogP contribution in [0.5, 0.6) is 17.2 Å². The molecule has 5 nitrogen and oxygen atoms in total. The maximum Gasteiger partial charge on any atom is 0.224 e. The van der Waals surface area contributed by atoms with Gasteiger partial charge in [0.2, 0.25) is 5.91 Å². The maximum absolute atomic E-state index is 12.4. The molecule has 1 aliphatic rings. The summed E-state index contributed by atoms with van der Waals surface area (Å²) < 4.78 is 16.9. The largest absolute Gasteiger partial charge is 0.493 e. The van der Waals surface area contributed by atoms with E-state index in [2.05, 4.69) is 54.7 Å². The van der Waals surface area contributed by atoms with Gasteiger partial charge in [-0.15, -0.1) is 11.8 Å². The average Bonchev–Trinajstić information content (AvgIpc) is 3.31. The molecular weight excluding hydrogens is 458 g/mol. The highest BCUT2D eigenvalue weighted by molar-refractivity contribution is 7.99. The Labute approximate surface area is 212 Å². The van der Waals surface area contributed by atoms with E-state index in [1.54, 1.807) is 14.2 Å². The van der Waals surface area contributed by atoms with E-state index in [4.69, 9.17) is 14.2 Å². The van der Waals surface area contributed by atoms with Gasteiger partial charge in [-0.2, -0.15) is 0 Å². The minimum absolute atomic E-state index is 0.0144. The third kappa shape index (κ3) is 6.73. The third-order valence-electron chi connectivity index (χ3n) is 6.27. The Morgan fingerprint density at radius 2 is 1.80 bits per heavy atom. The molecule has 2 unspecified atom stereocenters. The number of thioether (sulfide) groups is 1. The fraction of sp³-hybridized carbons (Fsp3) is 0.345. The summed E-state index contributed by atoms with van der Waals surface area (Å²) in [6, 6.07) is 22.5. The van der Waals surface area contributed by atoms with E-state index in [9.17, 15) is 4.79 Å². The molecule has 0 saturated carbocycles. The molecule has 184 valence electrons. The van der Waals surface area contributed by atoms with Gasteiger partial charge in [0.25, 0.3) is 0 Å². The van der Waals surface area contributed by atoms with Crippen molar-refractivity contribution in [3.8, 4) is 17.2 Å². The van der Waals surface area contributed by atoms with Gasteiger partial charge in [-0.3, -0.25) is 4.79 Å². The number of rotatable bonds is 11. The Hall–Kier alpha value is -3.12. The zero-order valence-electron chi connectivity index (χ0n) is 20.6. The zero-order valence-corrected chi connectivity index (χ0v) is 21.4. The van der Waals surface area contributed by atoms with Crippen molar-refractivity contribution in [2.24, 2.45) is 5.92 Å². The number of carbonyl (C=O) groups is 1. The molecule has 1 heterocycles. The van der Waals surface area contributed by atoms with Crippen molar-refractivity contribution in [1.29, 1.82) is 0 Å². The highest BCUT2D eigenvalue weighted by Gasteiger charge is 2.28. The Morgan fingerprint density at radius 3 is 2.57 bits per heavy atom. The Kier molecular flexibility index (Phi) is 8.59. The van der Waals surface area contributed by atoms with Crippen LogP contribution in [0.15, 0.2) is 71.6 Å². The van der Waals surface area contributed by atoms with Crippen molar-refractivity contribution < 1.29 is 19.0 Å². The Morgan fingerprint density at radius 1 is 1.03 bits per heavy atom. The fourth-order valence-corrected chi connectivity index (χ4v) is 5.23. The number of ether oxygens (including phenoxy) is 3. The fourth-order valence-electron chi connectivity index (χ4n) is 4.21. The standard InChI is InChI=1S/C29H33NO4S/c1-20(19-35-24-7-5-4-6-8-24)26-18-23-11-9-21(15-27(23)34-26)13-14-30-29(31)17-22-10-12-25(32-2)28(16-22)33-3/h4-12,15-16,20,26H,13-14,17-19H2,1-3H3,(H,30,31). The molecule has 1 amide bonds. The summed E-state index contributed by atoms with van der Waals surface area (Å²) >= 11 is 1.88. The van der Waals surface area contributed by atoms with Gasteiger partial charge in [-0.25, -0.2) is 0 Å². The van der Waals surface area contributed by atoms with Gasteiger partial charge < -0.3 is 19.5 Å². The molecule has 6 heteroatoms. The van der Waals surface area contributed by atoms with Gasteiger partial charge in [0.15, 0.2) is 11.5 Å². The van der Waals surface area contributed by atoms with Crippen molar-refractivity contribution >= 4 is 17.7 Å². The first kappa shape index (κ1) is 25.0. The number of methoxy groups -OCH3 is 2. The predicted octanol–water partition coefficient (Wildman–Crippen LogP) is 5.34. The number of benzene rings is 3. The van der Waals surface area contributed by atoms with Crippen LogP contribution >= 0.6 is 11.8 Å². The highest BCUT2D eigenvalue weighted by atomic mass is 32.2. The SMILES string of the molecule is COc1ccc(CC(=O)NCCc2ccc3c(c2)OC(C(C)CSc2ccccc2)C3)cc1OC. The van der Waals surface area contributed by atoms with Crippen molar-refractivity contribution in [1.82, 2.24) is 5.32 Å². The predicted molar refractivity (Wildman–Crippen MR) is 141 cm³/mol. The van der Waals surface area contributed by atoms with Crippen LogP contribution < -0.4 is 19.5 Å². The molecule has 0 saturated heterocycles. The second-order valence-electron chi connectivity index (χ2n) is 8.87. The minimum atomic E-state index is -0.0144. The van der Waals surface area contributed by atoms with Gasteiger partial charge in [-0.05, 0) is 53.4 Å². The van der Waals surface area contributed by atoms with Crippen molar-refractivity contribution in [2.45, 2.75) is 37.2 Å². The molecule has 3 aromatic rings. The third-order valence-corrected chi connectivity index (χ3v) is 7.57. The van der Waals surface area contributed by atoms with Gasteiger partial charge in [0, 0.05) is 29.5 Å². The second kappa shape index (κ2) is 12.0. The van der Waals surface area contributed by atoms with E-state index in [-0.39, 0.29) is 12.0 Å². The number of amides is 1. The molecule has 4 rings (SSSR count). The van der Waals surface area contributed by atoms with E-state index in [1.165, 1.54) is 16.0 Å². The summed E-state index contributed by atoms with van der Waals surface area (Å²) in [4.78, 5) is 13.7. The summed E-state index contributed by atoms with van der Waals surface area (Å²) in [5.41, 5.74) is 3.33. The number of nitrogens with one attached hydrogen (secondary N) is 1. The molecule has 3 aromatic carbocycles. The first-order valence-corrected chi connectivity index (χ1v) is 13.0. The van der Waals surface area contributed by atoms with Gasteiger partial charge in [0.05, 0.1) is 20.6 Å². The quantitative estimate of drug-likeness (QED) is 0.367. The Balaban J connectivity index is 1.23. The number of hydrogen-bond acceptors (Lipinski definition) is 5. The molecule has 0 aromatic heterocycles. The first-order valence-electron chi connectivity index (χ1n) is 12.0. The highest BCUT2D eigenvalue weighted by Crippen LogP contribution is 2.34. The van der Waals surface area contributed by atoms with E-state index >= 15 is 0 Å². The lowest BCUT2D eigenvalue weighted by Crippen LogP contribution is -2.27. The zero-order chi connectivity index (χ0) is 24.6. The van der Waals surface area contributed by atoms with E-state index in [0.717, 1.165) is 29.9 Å². The maximum atomic E-state index is 12.4. The van der Waals surface area contributed by atoms with Crippen LogP contribution in [0.3, 0.4) is 0 Å². The molecule has 0 bridgehead atoms. The monoisotopic (exact) mass is 491 g/mol. The van der Waals surface area contributed by atoms with Crippen LogP contribution in [0.2, 0.25) is 0 Å². The van der Waals surface area contributed by atoms with Crippen molar-refractivity contribution in [2.75, 3.05) is 26.5 Å². The smallest absolute Gasteiger partial charge is 0.224 e. The lowest BCUT2D eigenvalue weighted by molar-refractivity contribution is -0.120. The molecule has 35 heavy (non-hydrogen) atoms. The van der Waals surface area contributed by atoms with E-state index in [0.29, 0.717) is 30.4 Å². The molecule has 2 atom stereocenters. The molecule has 0 spiro atoms. The second-order valence-corrected chi connectivity index (χ2v) is 9.96. The first-order chi connectivity index (χ1) is 17.1. The van der Waals surface area contributed by atoms with Crippen LogP contribution in [-0.4, -0.2) is 38.5 Å². The minimum Gasteiger partial charge on any atom is -0.493 e. The van der Waals surface area contributed by atoms with Crippen molar-refractivity contribution in [3.05, 3.63) is 83.4 Å². The summed E-state index contributed by atoms with van der Waals surface area (Å²) in [6.07, 6.45) is 2.22. The van der Waals surface area contributed by atoms with Crippen LogP contribution in [0.4, 0.5) is 0 Å². The van der Waals surface area contributed by atoms with Crippen molar-refractivity contribution in [3.63, 3.8) is 0 Å². The normalized spacial score (nSPS) is 15.1. The Bertz CT molecular complexity index is 1130. The van der Waals surface area contributed by atoms with Gasteiger partial charge >= 0.3 is 0 Å². The molecule has 1 N–H and O–H groups in total. The molecule has 0 fully saturated rings. The van der Waals surface area contributed by atoms with Crippen LogP contribution in [0.1, 0.15) is 23.6 Å². The number of hydrogen-bond donors (Lipinski definition) is 1. The topological polar surface area (TPSA) is 56.8 Å². The van der Waals surface area contributed by atoms with Gasteiger partial charge in [0.1, 0.15) is 11.9 Å².